The van der Waals surface area contributed by atoms with E-state index in [4.69, 9.17) is 4.74 Å². The van der Waals surface area contributed by atoms with Crippen LogP contribution < -0.4 is 10.2 Å². The van der Waals surface area contributed by atoms with E-state index in [9.17, 15) is 14.4 Å². The van der Waals surface area contributed by atoms with Gasteiger partial charge in [0.25, 0.3) is 0 Å². The van der Waals surface area contributed by atoms with Crippen molar-refractivity contribution in [3.63, 3.8) is 0 Å². The molecule has 1 N–H and O–H groups in total. The van der Waals surface area contributed by atoms with E-state index < -0.39 is 5.97 Å². The van der Waals surface area contributed by atoms with Crippen LogP contribution in [0.4, 0.5) is 5.69 Å². The summed E-state index contributed by atoms with van der Waals surface area (Å²) in [4.78, 5) is 37.7. The third kappa shape index (κ3) is 1.70. The SMILES string of the molecule is COC(=O)c1ccc2c(c1)[C@H]1NC(=O)C[C@@H]1[C@@H]1CCC(=O)N21. The smallest absolute Gasteiger partial charge is 0.337 e. The lowest BCUT2D eigenvalue weighted by Crippen LogP contribution is -2.45. The summed E-state index contributed by atoms with van der Waals surface area (Å²) in [5, 5.41) is 2.99. The molecule has 1 aromatic rings. The largest absolute Gasteiger partial charge is 0.465 e. The van der Waals surface area contributed by atoms with Crippen LogP contribution >= 0.6 is 0 Å². The molecular formula is C16H16N2O4. The molecule has 2 saturated heterocycles. The zero-order chi connectivity index (χ0) is 15.4. The van der Waals surface area contributed by atoms with Gasteiger partial charge in [-0.15, -0.1) is 0 Å². The highest BCUT2D eigenvalue weighted by Crippen LogP contribution is 2.48. The summed E-state index contributed by atoms with van der Waals surface area (Å²) < 4.78 is 4.76. The number of benzene rings is 1. The molecule has 0 radical (unpaired) electrons. The summed E-state index contributed by atoms with van der Waals surface area (Å²) in [6, 6.07) is 5.15. The van der Waals surface area contributed by atoms with E-state index in [-0.39, 0.29) is 29.8 Å². The highest BCUT2D eigenvalue weighted by Gasteiger charge is 2.50. The molecule has 22 heavy (non-hydrogen) atoms. The number of anilines is 1. The van der Waals surface area contributed by atoms with Crippen molar-refractivity contribution >= 4 is 23.5 Å². The van der Waals surface area contributed by atoms with Gasteiger partial charge in [-0.1, -0.05) is 0 Å². The molecule has 3 aliphatic heterocycles. The van der Waals surface area contributed by atoms with Crippen LogP contribution in [0.15, 0.2) is 18.2 Å². The van der Waals surface area contributed by atoms with Gasteiger partial charge in [0, 0.05) is 30.5 Å². The number of rotatable bonds is 1. The van der Waals surface area contributed by atoms with Crippen molar-refractivity contribution in [2.24, 2.45) is 5.92 Å². The van der Waals surface area contributed by atoms with Crippen molar-refractivity contribution in [3.05, 3.63) is 29.3 Å². The van der Waals surface area contributed by atoms with E-state index in [1.807, 2.05) is 4.90 Å². The van der Waals surface area contributed by atoms with Crippen molar-refractivity contribution in [2.75, 3.05) is 12.0 Å². The molecule has 6 nitrogen and oxygen atoms in total. The molecule has 3 atom stereocenters. The molecule has 3 heterocycles. The number of ether oxygens (including phenoxy) is 1. The van der Waals surface area contributed by atoms with E-state index in [1.54, 1.807) is 18.2 Å². The minimum Gasteiger partial charge on any atom is -0.465 e. The Bertz CT molecular complexity index is 699. The van der Waals surface area contributed by atoms with Crippen LogP contribution in [0.1, 0.15) is 41.2 Å². The number of nitrogens with one attached hydrogen (secondary N) is 1. The summed E-state index contributed by atoms with van der Waals surface area (Å²) in [5.41, 5.74) is 2.08. The van der Waals surface area contributed by atoms with E-state index in [1.165, 1.54) is 7.11 Å². The zero-order valence-corrected chi connectivity index (χ0v) is 12.2. The summed E-state index contributed by atoms with van der Waals surface area (Å²) in [6.45, 7) is 0. The van der Waals surface area contributed by atoms with Crippen molar-refractivity contribution < 1.29 is 19.1 Å². The third-order valence-corrected chi connectivity index (χ3v) is 4.96. The van der Waals surface area contributed by atoms with Gasteiger partial charge >= 0.3 is 5.97 Å². The van der Waals surface area contributed by atoms with Crippen LogP contribution in [0.3, 0.4) is 0 Å². The maximum Gasteiger partial charge on any atom is 0.337 e. The minimum atomic E-state index is -0.418. The number of carbonyl (C=O) groups excluding carboxylic acids is 3. The Morgan fingerprint density at radius 1 is 1.36 bits per heavy atom. The fourth-order valence-electron chi connectivity index (χ4n) is 4.03. The number of hydrogen-bond acceptors (Lipinski definition) is 4. The molecule has 1 aromatic carbocycles. The second-order valence-electron chi connectivity index (χ2n) is 6.05. The summed E-state index contributed by atoms with van der Waals surface area (Å²) in [5.74, 6) is -0.238. The van der Waals surface area contributed by atoms with Gasteiger partial charge < -0.3 is 15.0 Å². The van der Waals surface area contributed by atoms with Crippen LogP contribution in [0.5, 0.6) is 0 Å². The predicted octanol–water partition coefficient (Wildman–Crippen LogP) is 1.16. The monoisotopic (exact) mass is 300 g/mol. The average Bonchev–Trinajstić information content (AvgIpc) is 3.09. The molecule has 6 heteroatoms. The predicted molar refractivity (Wildman–Crippen MR) is 77.3 cm³/mol. The molecule has 2 fully saturated rings. The Balaban J connectivity index is 1.86. The van der Waals surface area contributed by atoms with Gasteiger partial charge in [-0.05, 0) is 30.2 Å². The lowest BCUT2D eigenvalue weighted by molar-refractivity contribution is -0.120. The number of fused-ring (bicyclic) bond motifs is 6. The van der Waals surface area contributed by atoms with Gasteiger partial charge in [-0.25, -0.2) is 4.79 Å². The number of hydrogen-bond donors (Lipinski definition) is 1. The molecule has 3 aliphatic rings. The maximum absolute atomic E-state index is 12.2. The Morgan fingerprint density at radius 3 is 2.95 bits per heavy atom. The lowest BCUT2D eigenvalue weighted by Gasteiger charge is -2.39. The summed E-state index contributed by atoms with van der Waals surface area (Å²) >= 11 is 0. The normalized spacial score (nSPS) is 28.8. The third-order valence-electron chi connectivity index (χ3n) is 4.96. The van der Waals surface area contributed by atoms with Crippen molar-refractivity contribution in [3.8, 4) is 0 Å². The van der Waals surface area contributed by atoms with Crippen LogP contribution in [0.25, 0.3) is 0 Å². The minimum absolute atomic E-state index is 0.00520. The average molecular weight is 300 g/mol. The van der Waals surface area contributed by atoms with Gasteiger partial charge in [-0.2, -0.15) is 0 Å². The topological polar surface area (TPSA) is 75.7 Å². The first-order valence-corrected chi connectivity index (χ1v) is 7.44. The quantitative estimate of drug-likeness (QED) is 0.790. The number of methoxy groups -OCH3 is 1. The molecule has 2 amide bonds. The van der Waals surface area contributed by atoms with Crippen LogP contribution in [-0.4, -0.2) is 30.9 Å². The summed E-state index contributed by atoms with van der Waals surface area (Å²) in [7, 11) is 1.34. The van der Waals surface area contributed by atoms with Crippen molar-refractivity contribution in [1.29, 1.82) is 0 Å². The molecule has 0 saturated carbocycles. The van der Waals surface area contributed by atoms with E-state index in [0.29, 0.717) is 18.4 Å². The Kier molecular flexibility index (Phi) is 2.76. The highest BCUT2D eigenvalue weighted by atomic mass is 16.5. The van der Waals surface area contributed by atoms with Crippen LogP contribution in [0, 0.1) is 5.92 Å². The number of amides is 2. The fraction of sp³-hybridized carbons (Fsp3) is 0.438. The molecule has 0 bridgehead atoms. The van der Waals surface area contributed by atoms with Crippen molar-refractivity contribution in [1.82, 2.24) is 5.32 Å². The number of carbonyl (C=O) groups is 3. The molecule has 114 valence electrons. The molecule has 4 rings (SSSR count). The van der Waals surface area contributed by atoms with Crippen LogP contribution in [-0.2, 0) is 14.3 Å². The Hall–Kier alpha value is -2.37. The van der Waals surface area contributed by atoms with E-state index in [0.717, 1.165) is 17.7 Å². The zero-order valence-electron chi connectivity index (χ0n) is 12.2. The van der Waals surface area contributed by atoms with E-state index in [2.05, 4.69) is 5.32 Å². The second-order valence-corrected chi connectivity index (χ2v) is 6.05. The molecular weight excluding hydrogens is 284 g/mol. The number of nitrogens with zero attached hydrogens (tertiary/aromatic N) is 1. The second kappa shape index (κ2) is 4.56. The first-order valence-electron chi connectivity index (χ1n) is 7.44. The van der Waals surface area contributed by atoms with Crippen molar-refractivity contribution in [2.45, 2.75) is 31.3 Å². The first-order chi connectivity index (χ1) is 10.6. The number of esters is 1. The molecule has 0 aliphatic carbocycles. The van der Waals surface area contributed by atoms with Gasteiger partial charge in [0.1, 0.15) is 0 Å². The molecule has 0 unspecified atom stereocenters. The first kappa shape index (κ1) is 13.3. The Labute approximate surface area is 127 Å². The fourth-order valence-corrected chi connectivity index (χ4v) is 4.03. The molecule has 0 aromatic heterocycles. The van der Waals surface area contributed by atoms with Gasteiger partial charge in [0.2, 0.25) is 11.8 Å². The van der Waals surface area contributed by atoms with Gasteiger partial charge in [0.15, 0.2) is 0 Å². The van der Waals surface area contributed by atoms with Crippen LogP contribution in [0.2, 0.25) is 0 Å². The van der Waals surface area contributed by atoms with Gasteiger partial charge in [-0.3, -0.25) is 9.59 Å². The lowest BCUT2D eigenvalue weighted by atomic mass is 9.81. The standard InChI is InChI=1S/C16H16N2O4/c1-22-16(21)8-2-3-11-9(6-8)15-10(7-13(19)17-15)12-4-5-14(20)18(11)12/h2-3,6,10,12,15H,4-5,7H2,1H3,(H,17,19)/t10-,12+,15-/m1/s1. The highest BCUT2D eigenvalue weighted by molar-refractivity contribution is 6.00. The summed E-state index contributed by atoms with van der Waals surface area (Å²) in [6.07, 6.45) is 1.73. The maximum atomic E-state index is 12.2. The Morgan fingerprint density at radius 2 is 2.18 bits per heavy atom. The van der Waals surface area contributed by atoms with E-state index >= 15 is 0 Å². The van der Waals surface area contributed by atoms with Gasteiger partial charge in [0.05, 0.1) is 18.7 Å². The molecule has 0 spiro atoms.